The average molecular weight is 396 g/mol. The van der Waals surface area contributed by atoms with E-state index in [1.54, 1.807) is 6.92 Å². The highest BCUT2D eigenvalue weighted by molar-refractivity contribution is 9.10. The monoisotopic (exact) mass is 395 g/mol. The first-order valence-electron chi connectivity index (χ1n) is 7.26. The van der Waals surface area contributed by atoms with Crippen LogP contribution in [0.2, 0.25) is 0 Å². The van der Waals surface area contributed by atoms with Crippen molar-refractivity contribution in [2.45, 2.75) is 19.8 Å². The molecule has 0 saturated heterocycles. The van der Waals surface area contributed by atoms with Gasteiger partial charge in [0.05, 0.1) is 23.2 Å². The van der Waals surface area contributed by atoms with E-state index >= 15 is 0 Å². The van der Waals surface area contributed by atoms with Gasteiger partial charge in [-0.05, 0) is 53.2 Å². The third-order valence-electron chi connectivity index (χ3n) is 3.21. The number of ether oxygens (including phenoxy) is 1. The van der Waals surface area contributed by atoms with Gasteiger partial charge >= 0.3 is 5.97 Å². The lowest BCUT2D eigenvalue weighted by molar-refractivity contribution is -0.143. The lowest BCUT2D eigenvalue weighted by atomic mass is 10.1. The van der Waals surface area contributed by atoms with Crippen LogP contribution in [0.1, 0.15) is 30.3 Å². The molecule has 7 heteroatoms. The number of aromatic hydroxyl groups is 1. The van der Waals surface area contributed by atoms with Crippen LogP contribution < -0.4 is 0 Å². The fourth-order valence-electron chi connectivity index (χ4n) is 2.04. The van der Waals surface area contributed by atoms with Gasteiger partial charge in [0.25, 0.3) is 0 Å². The van der Waals surface area contributed by atoms with Gasteiger partial charge < -0.3 is 9.84 Å². The maximum Gasteiger partial charge on any atom is 0.306 e. The SMILES string of the molecule is CCOC(=O)CCC(=O)c1nc(-c2ccc(F)cc2)cc(Br)c1O. The average Bonchev–Trinajstić information content (AvgIpc) is 2.56. The van der Waals surface area contributed by atoms with E-state index in [0.29, 0.717) is 11.3 Å². The van der Waals surface area contributed by atoms with Gasteiger partial charge in [-0.15, -0.1) is 0 Å². The molecule has 1 heterocycles. The van der Waals surface area contributed by atoms with E-state index in [9.17, 15) is 19.1 Å². The number of aromatic nitrogens is 1. The van der Waals surface area contributed by atoms with Gasteiger partial charge in [-0.1, -0.05) is 0 Å². The van der Waals surface area contributed by atoms with Gasteiger partial charge in [-0.2, -0.15) is 0 Å². The largest absolute Gasteiger partial charge is 0.504 e. The van der Waals surface area contributed by atoms with Crippen LogP contribution in [0.5, 0.6) is 5.75 Å². The molecule has 0 spiro atoms. The second kappa shape index (κ2) is 8.01. The maximum atomic E-state index is 13.0. The molecule has 0 aliphatic carbocycles. The van der Waals surface area contributed by atoms with Crippen LogP contribution in [0.3, 0.4) is 0 Å². The number of hydrogen-bond donors (Lipinski definition) is 1. The van der Waals surface area contributed by atoms with Crippen molar-refractivity contribution < 1.29 is 23.8 Å². The third-order valence-corrected chi connectivity index (χ3v) is 3.82. The molecule has 5 nitrogen and oxygen atoms in total. The minimum Gasteiger partial charge on any atom is -0.504 e. The lowest BCUT2D eigenvalue weighted by Gasteiger charge is -2.09. The second-order valence-electron chi connectivity index (χ2n) is 4.92. The number of benzene rings is 1. The number of nitrogens with zero attached hydrogens (tertiary/aromatic N) is 1. The molecule has 0 aliphatic heterocycles. The Morgan fingerprint density at radius 3 is 2.54 bits per heavy atom. The summed E-state index contributed by atoms with van der Waals surface area (Å²) in [5, 5.41) is 10.0. The molecule has 0 radical (unpaired) electrons. The Kier molecular flexibility index (Phi) is 6.03. The molecule has 0 saturated carbocycles. The van der Waals surface area contributed by atoms with Crippen LogP contribution in [0.15, 0.2) is 34.8 Å². The minimum absolute atomic E-state index is 0.0911. The molecule has 0 bridgehead atoms. The highest BCUT2D eigenvalue weighted by atomic mass is 79.9. The molecular weight excluding hydrogens is 381 g/mol. The summed E-state index contributed by atoms with van der Waals surface area (Å²) in [4.78, 5) is 27.8. The first kappa shape index (κ1) is 18.1. The van der Waals surface area contributed by atoms with Crippen molar-refractivity contribution in [1.29, 1.82) is 0 Å². The number of carbonyl (C=O) groups excluding carboxylic acids is 2. The summed E-state index contributed by atoms with van der Waals surface area (Å²) in [5.41, 5.74) is 0.851. The first-order valence-corrected chi connectivity index (χ1v) is 8.06. The maximum absolute atomic E-state index is 13.0. The molecule has 126 valence electrons. The van der Waals surface area contributed by atoms with E-state index in [-0.39, 0.29) is 41.2 Å². The molecule has 1 N–H and O–H groups in total. The number of Topliss-reactive ketones (excluding diaryl/α,β-unsaturated/α-hetero) is 1. The molecule has 24 heavy (non-hydrogen) atoms. The Bertz CT molecular complexity index is 762. The van der Waals surface area contributed by atoms with Gasteiger partial charge in [0, 0.05) is 12.0 Å². The van der Waals surface area contributed by atoms with Crippen molar-refractivity contribution in [3.63, 3.8) is 0 Å². The Hall–Kier alpha value is -2.28. The predicted octanol–water partition coefficient (Wildman–Crippen LogP) is 3.88. The summed E-state index contributed by atoms with van der Waals surface area (Å²) in [6.45, 7) is 1.92. The Morgan fingerprint density at radius 1 is 1.25 bits per heavy atom. The fourth-order valence-corrected chi connectivity index (χ4v) is 2.44. The van der Waals surface area contributed by atoms with Crippen molar-refractivity contribution in [3.8, 4) is 17.0 Å². The molecule has 0 unspecified atom stereocenters. The summed E-state index contributed by atoms with van der Waals surface area (Å²) in [7, 11) is 0. The Morgan fingerprint density at radius 2 is 1.92 bits per heavy atom. The zero-order valence-electron chi connectivity index (χ0n) is 12.9. The molecule has 1 aromatic heterocycles. The summed E-state index contributed by atoms with van der Waals surface area (Å²) >= 11 is 3.17. The Balaban J connectivity index is 2.27. The molecular formula is C17H15BrFNO4. The number of ketones is 1. The summed E-state index contributed by atoms with van der Waals surface area (Å²) < 4.78 is 18.1. The summed E-state index contributed by atoms with van der Waals surface area (Å²) in [6, 6.07) is 7.13. The van der Waals surface area contributed by atoms with E-state index in [1.807, 2.05) is 0 Å². The van der Waals surface area contributed by atoms with E-state index < -0.39 is 11.8 Å². The van der Waals surface area contributed by atoms with Crippen LogP contribution >= 0.6 is 15.9 Å². The second-order valence-corrected chi connectivity index (χ2v) is 5.78. The predicted molar refractivity (Wildman–Crippen MR) is 89.2 cm³/mol. The lowest BCUT2D eigenvalue weighted by Crippen LogP contribution is -2.10. The number of pyridine rings is 1. The van der Waals surface area contributed by atoms with Gasteiger partial charge in [0.1, 0.15) is 11.5 Å². The fraction of sp³-hybridized carbons (Fsp3) is 0.235. The quantitative estimate of drug-likeness (QED) is 0.593. The molecule has 0 atom stereocenters. The number of carbonyl (C=O) groups is 2. The van der Waals surface area contributed by atoms with Gasteiger partial charge in [0.15, 0.2) is 11.5 Å². The highest BCUT2D eigenvalue weighted by Crippen LogP contribution is 2.32. The molecule has 0 fully saturated rings. The van der Waals surface area contributed by atoms with Crippen LogP contribution in [-0.4, -0.2) is 28.4 Å². The highest BCUT2D eigenvalue weighted by Gasteiger charge is 2.19. The van der Waals surface area contributed by atoms with E-state index in [2.05, 4.69) is 20.9 Å². The minimum atomic E-state index is -0.487. The van der Waals surface area contributed by atoms with Crippen molar-refractivity contribution >= 4 is 27.7 Å². The van der Waals surface area contributed by atoms with E-state index in [4.69, 9.17) is 4.74 Å². The van der Waals surface area contributed by atoms with Gasteiger partial charge in [-0.3, -0.25) is 9.59 Å². The smallest absolute Gasteiger partial charge is 0.306 e. The van der Waals surface area contributed by atoms with Gasteiger partial charge in [0.2, 0.25) is 0 Å². The standard InChI is InChI=1S/C17H15BrFNO4/c1-2-24-15(22)8-7-14(21)16-17(23)12(18)9-13(20-16)10-3-5-11(19)6-4-10/h3-6,9,23H,2,7-8H2,1H3. The normalized spacial score (nSPS) is 10.5. The van der Waals surface area contributed by atoms with Crippen molar-refractivity contribution in [1.82, 2.24) is 4.98 Å². The summed E-state index contributed by atoms with van der Waals surface area (Å²) in [5.74, 6) is -1.65. The van der Waals surface area contributed by atoms with Crippen molar-refractivity contribution in [2.75, 3.05) is 6.61 Å². The van der Waals surface area contributed by atoms with Crippen LogP contribution in [0.25, 0.3) is 11.3 Å². The Labute approximate surface area is 146 Å². The summed E-state index contributed by atoms with van der Waals surface area (Å²) in [6.07, 6.45) is -0.217. The number of halogens is 2. The van der Waals surface area contributed by atoms with Crippen LogP contribution in [-0.2, 0) is 9.53 Å². The topological polar surface area (TPSA) is 76.5 Å². The van der Waals surface area contributed by atoms with Crippen LogP contribution in [0.4, 0.5) is 4.39 Å². The zero-order chi connectivity index (χ0) is 17.7. The number of hydrogen-bond acceptors (Lipinski definition) is 5. The number of esters is 1. The molecule has 1 aromatic carbocycles. The molecule has 0 amide bonds. The van der Waals surface area contributed by atoms with Gasteiger partial charge in [-0.25, -0.2) is 9.37 Å². The molecule has 2 rings (SSSR count). The van der Waals surface area contributed by atoms with Crippen molar-refractivity contribution in [3.05, 3.63) is 46.3 Å². The van der Waals surface area contributed by atoms with Crippen LogP contribution in [0, 0.1) is 5.82 Å². The molecule has 2 aromatic rings. The zero-order valence-corrected chi connectivity index (χ0v) is 14.5. The number of rotatable bonds is 6. The third kappa shape index (κ3) is 4.38. The first-order chi connectivity index (χ1) is 11.4. The van der Waals surface area contributed by atoms with E-state index in [1.165, 1.54) is 30.3 Å². The van der Waals surface area contributed by atoms with E-state index in [0.717, 1.165) is 0 Å². The molecule has 0 aliphatic rings. The van der Waals surface area contributed by atoms with Crippen molar-refractivity contribution in [2.24, 2.45) is 0 Å².